The van der Waals surface area contributed by atoms with Crippen LogP contribution in [0, 0.1) is 6.92 Å². The Kier molecular flexibility index (Phi) is 6.21. The van der Waals surface area contributed by atoms with Gasteiger partial charge in [-0.1, -0.05) is 29.5 Å². The number of hydrogen-bond donors (Lipinski definition) is 1. The molecule has 6 nitrogen and oxygen atoms in total. The molecule has 28 heavy (non-hydrogen) atoms. The van der Waals surface area contributed by atoms with Crippen molar-refractivity contribution in [3.8, 4) is 0 Å². The first-order valence-corrected chi connectivity index (χ1v) is 11.1. The lowest BCUT2D eigenvalue weighted by Crippen LogP contribution is -2.17. The number of nitrogens with zero attached hydrogens (tertiary/aromatic N) is 2. The van der Waals surface area contributed by atoms with Gasteiger partial charge in [-0.2, -0.15) is 0 Å². The van der Waals surface area contributed by atoms with E-state index in [1.165, 1.54) is 11.8 Å². The topological polar surface area (TPSA) is 81.1 Å². The van der Waals surface area contributed by atoms with Gasteiger partial charge in [0, 0.05) is 36.4 Å². The maximum atomic E-state index is 12.3. The van der Waals surface area contributed by atoms with Gasteiger partial charge in [-0.15, -0.1) is 0 Å². The van der Waals surface area contributed by atoms with Gasteiger partial charge in [0.1, 0.15) is 0 Å². The zero-order chi connectivity index (χ0) is 20.1. The third-order valence-corrected chi connectivity index (χ3v) is 6.92. The van der Waals surface area contributed by atoms with Crippen molar-refractivity contribution in [3.05, 3.63) is 66.5 Å². The Balaban J connectivity index is 1.54. The molecule has 1 amide bonds. The molecule has 3 aromatic rings. The molecule has 146 valence electrons. The first kappa shape index (κ1) is 20.2. The van der Waals surface area contributed by atoms with Crippen LogP contribution in [0.5, 0.6) is 0 Å². The van der Waals surface area contributed by atoms with Crippen molar-refractivity contribution in [2.75, 3.05) is 11.1 Å². The molecular formula is C20H21N3O3S2. The highest BCUT2D eigenvalue weighted by Crippen LogP contribution is 2.26. The van der Waals surface area contributed by atoms with Gasteiger partial charge in [-0.25, -0.2) is 13.4 Å². The molecule has 1 N–H and O–H groups in total. The number of sulfone groups is 1. The molecule has 2 aromatic carbocycles. The lowest BCUT2D eigenvalue weighted by Gasteiger charge is -2.08. The van der Waals surface area contributed by atoms with Crippen LogP contribution in [0.25, 0.3) is 0 Å². The lowest BCUT2D eigenvalue weighted by atomic mass is 10.2. The van der Waals surface area contributed by atoms with E-state index in [-0.39, 0.29) is 23.0 Å². The van der Waals surface area contributed by atoms with E-state index < -0.39 is 9.84 Å². The Bertz CT molecular complexity index is 1060. The standard InChI is InChI=1S/C20H21N3O3S2/c1-15-3-9-18(10-4-15)28(25,26)14-11-19(24)22-16-5-7-17(8-6-16)27-20-21-12-13-23(20)2/h3-10,12-13H,11,14H2,1-2H3,(H,22,24). The minimum atomic E-state index is -3.48. The normalized spacial score (nSPS) is 11.4. The van der Waals surface area contributed by atoms with E-state index in [1.807, 2.05) is 36.9 Å². The highest BCUT2D eigenvalue weighted by atomic mass is 32.2. The first-order chi connectivity index (χ1) is 13.3. The highest BCUT2D eigenvalue weighted by Gasteiger charge is 2.16. The number of aromatic nitrogens is 2. The molecule has 0 unspecified atom stereocenters. The molecule has 0 aliphatic rings. The van der Waals surface area contributed by atoms with Gasteiger partial charge in [0.2, 0.25) is 5.91 Å². The van der Waals surface area contributed by atoms with E-state index in [2.05, 4.69) is 10.3 Å². The molecule has 3 rings (SSSR count). The second-order valence-electron chi connectivity index (χ2n) is 6.38. The lowest BCUT2D eigenvalue weighted by molar-refractivity contribution is -0.115. The Labute approximate surface area is 168 Å². The van der Waals surface area contributed by atoms with Crippen molar-refractivity contribution < 1.29 is 13.2 Å². The summed E-state index contributed by atoms with van der Waals surface area (Å²) in [5.74, 6) is -0.560. The number of benzene rings is 2. The highest BCUT2D eigenvalue weighted by molar-refractivity contribution is 7.99. The Morgan fingerprint density at radius 1 is 1.11 bits per heavy atom. The summed E-state index contributed by atoms with van der Waals surface area (Å²) in [5, 5.41) is 3.61. The Morgan fingerprint density at radius 2 is 1.79 bits per heavy atom. The molecule has 0 aliphatic carbocycles. The molecule has 1 heterocycles. The van der Waals surface area contributed by atoms with E-state index in [4.69, 9.17) is 0 Å². The third-order valence-electron chi connectivity index (χ3n) is 4.10. The summed E-state index contributed by atoms with van der Waals surface area (Å²) >= 11 is 1.52. The summed E-state index contributed by atoms with van der Waals surface area (Å²) in [6.07, 6.45) is 3.52. The van der Waals surface area contributed by atoms with Crippen LogP contribution in [-0.2, 0) is 21.7 Å². The minimum Gasteiger partial charge on any atom is -0.329 e. The molecule has 0 saturated heterocycles. The van der Waals surface area contributed by atoms with E-state index in [0.717, 1.165) is 15.6 Å². The molecule has 0 radical (unpaired) electrons. The van der Waals surface area contributed by atoms with E-state index in [0.29, 0.717) is 5.69 Å². The number of carbonyl (C=O) groups is 1. The Hall–Kier alpha value is -2.58. The number of imidazole rings is 1. The number of nitrogens with one attached hydrogen (secondary N) is 1. The van der Waals surface area contributed by atoms with Crippen molar-refractivity contribution >= 4 is 33.2 Å². The second-order valence-corrected chi connectivity index (χ2v) is 9.53. The van der Waals surface area contributed by atoms with Gasteiger partial charge in [0.15, 0.2) is 15.0 Å². The summed E-state index contributed by atoms with van der Waals surface area (Å²) < 4.78 is 26.6. The third kappa shape index (κ3) is 5.24. The van der Waals surface area contributed by atoms with Crippen molar-refractivity contribution in [2.45, 2.75) is 28.3 Å². The maximum Gasteiger partial charge on any atom is 0.225 e. The van der Waals surface area contributed by atoms with Crippen molar-refractivity contribution in [3.63, 3.8) is 0 Å². The number of aryl methyl sites for hydroxylation is 2. The van der Waals surface area contributed by atoms with Crippen molar-refractivity contribution in [1.82, 2.24) is 9.55 Å². The van der Waals surface area contributed by atoms with Crippen LogP contribution in [0.2, 0.25) is 0 Å². The van der Waals surface area contributed by atoms with Crippen LogP contribution in [-0.4, -0.2) is 29.6 Å². The smallest absolute Gasteiger partial charge is 0.225 e. The predicted molar refractivity (Wildman–Crippen MR) is 110 cm³/mol. The molecule has 0 atom stereocenters. The van der Waals surface area contributed by atoms with Crippen molar-refractivity contribution in [2.24, 2.45) is 7.05 Å². The molecular weight excluding hydrogens is 394 g/mol. The van der Waals surface area contributed by atoms with Gasteiger partial charge in [0.05, 0.1) is 10.6 Å². The average Bonchev–Trinajstić information content (AvgIpc) is 3.07. The van der Waals surface area contributed by atoms with Gasteiger partial charge in [0.25, 0.3) is 0 Å². The zero-order valence-electron chi connectivity index (χ0n) is 15.6. The Morgan fingerprint density at radius 3 is 2.39 bits per heavy atom. The molecule has 0 spiro atoms. The summed E-state index contributed by atoms with van der Waals surface area (Å²) in [7, 11) is -1.55. The van der Waals surface area contributed by atoms with Gasteiger partial charge < -0.3 is 9.88 Å². The van der Waals surface area contributed by atoms with E-state index in [1.54, 1.807) is 42.6 Å². The van der Waals surface area contributed by atoms with Crippen LogP contribution in [0.15, 0.2) is 75.9 Å². The fraction of sp³-hybridized carbons (Fsp3) is 0.200. The zero-order valence-corrected chi connectivity index (χ0v) is 17.3. The first-order valence-electron chi connectivity index (χ1n) is 8.68. The molecule has 0 bridgehead atoms. The van der Waals surface area contributed by atoms with Crippen LogP contribution < -0.4 is 5.32 Å². The predicted octanol–water partition coefficient (Wildman–Crippen LogP) is 3.68. The fourth-order valence-electron chi connectivity index (χ4n) is 2.48. The van der Waals surface area contributed by atoms with Gasteiger partial charge in [-0.3, -0.25) is 4.79 Å². The SMILES string of the molecule is Cc1ccc(S(=O)(=O)CCC(=O)Nc2ccc(Sc3nccn3C)cc2)cc1. The molecule has 0 saturated carbocycles. The van der Waals surface area contributed by atoms with Crippen LogP contribution in [0.4, 0.5) is 5.69 Å². The monoisotopic (exact) mass is 415 g/mol. The summed E-state index contributed by atoms with van der Waals surface area (Å²) in [6.45, 7) is 1.89. The summed E-state index contributed by atoms with van der Waals surface area (Å²) in [4.78, 5) is 17.6. The van der Waals surface area contributed by atoms with E-state index >= 15 is 0 Å². The number of hydrogen-bond acceptors (Lipinski definition) is 5. The summed E-state index contributed by atoms with van der Waals surface area (Å²) in [5.41, 5.74) is 1.61. The van der Waals surface area contributed by atoms with Crippen LogP contribution in [0.3, 0.4) is 0 Å². The largest absolute Gasteiger partial charge is 0.329 e. The maximum absolute atomic E-state index is 12.3. The number of rotatable bonds is 7. The van der Waals surface area contributed by atoms with Crippen LogP contribution in [0.1, 0.15) is 12.0 Å². The van der Waals surface area contributed by atoms with E-state index in [9.17, 15) is 13.2 Å². The molecule has 0 fully saturated rings. The van der Waals surface area contributed by atoms with Gasteiger partial charge in [-0.05, 0) is 43.3 Å². The second kappa shape index (κ2) is 8.62. The van der Waals surface area contributed by atoms with Crippen molar-refractivity contribution in [1.29, 1.82) is 0 Å². The average molecular weight is 416 g/mol. The number of carbonyl (C=O) groups excluding carboxylic acids is 1. The fourth-order valence-corrected chi connectivity index (χ4v) is 4.52. The van der Waals surface area contributed by atoms with Crippen LogP contribution >= 0.6 is 11.8 Å². The quantitative estimate of drug-likeness (QED) is 0.637. The summed E-state index contributed by atoms with van der Waals surface area (Å²) in [6, 6.07) is 14.0. The number of amides is 1. The molecule has 1 aromatic heterocycles. The minimum absolute atomic E-state index is 0.0972. The molecule has 8 heteroatoms. The number of anilines is 1. The molecule has 0 aliphatic heterocycles. The van der Waals surface area contributed by atoms with Gasteiger partial charge >= 0.3 is 0 Å².